The monoisotopic (exact) mass is 308 g/mol. The Labute approximate surface area is 129 Å². The van der Waals surface area contributed by atoms with E-state index >= 15 is 0 Å². The van der Waals surface area contributed by atoms with Gasteiger partial charge in [0, 0.05) is 0 Å². The molecule has 1 atom stereocenters. The van der Waals surface area contributed by atoms with Gasteiger partial charge in [0.25, 0.3) is 0 Å². The Kier molecular flexibility index (Phi) is 5.45. The van der Waals surface area contributed by atoms with Gasteiger partial charge in [0.1, 0.15) is 5.82 Å². The molecule has 4 heteroatoms. The maximum atomic E-state index is 13.0. The molecule has 2 nitrogen and oxygen atoms in total. The summed E-state index contributed by atoms with van der Waals surface area (Å²) in [5.74, 6) is 1.10. The van der Waals surface area contributed by atoms with Crippen LogP contribution in [0.2, 0.25) is 0 Å². The van der Waals surface area contributed by atoms with Gasteiger partial charge in [0.05, 0.1) is 18.6 Å². The average molecular weight is 309 g/mol. The zero-order valence-electron chi connectivity index (χ0n) is 12.1. The van der Waals surface area contributed by atoms with Crippen molar-refractivity contribution in [3.8, 4) is 11.5 Å². The minimum atomic E-state index is -0.361. The van der Waals surface area contributed by atoms with Gasteiger partial charge in [-0.1, -0.05) is 18.2 Å². The maximum absolute atomic E-state index is 13.0. The number of halogens is 2. The molecule has 0 aromatic heterocycles. The molecule has 0 fully saturated rings. The molecule has 112 valence electrons. The number of hydrogen-bond acceptors (Lipinski definition) is 2. The molecular formula is C17H18ClFO2. The highest BCUT2D eigenvalue weighted by atomic mass is 35.5. The van der Waals surface area contributed by atoms with Crippen molar-refractivity contribution >= 4 is 11.6 Å². The Morgan fingerprint density at radius 2 is 1.48 bits per heavy atom. The van der Waals surface area contributed by atoms with E-state index in [0.29, 0.717) is 24.7 Å². The summed E-state index contributed by atoms with van der Waals surface area (Å²) in [6.07, 6.45) is 0. The van der Waals surface area contributed by atoms with Crippen LogP contribution in [0.1, 0.15) is 30.4 Å². The predicted molar refractivity (Wildman–Crippen MR) is 82.9 cm³/mol. The first-order valence-electron chi connectivity index (χ1n) is 6.94. The van der Waals surface area contributed by atoms with Crippen LogP contribution in [0.4, 0.5) is 4.39 Å². The van der Waals surface area contributed by atoms with Crippen LogP contribution in [0, 0.1) is 5.82 Å². The minimum absolute atomic E-state index is 0.274. The van der Waals surface area contributed by atoms with Crippen molar-refractivity contribution in [1.29, 1.82) is 0 Å². The first kappa shape index (κ1) is 15.6. The van der Waals surface area contributed by atoms with E-state index in [1.165, 1.54) is 12.1 Å². The summed E-state index contributed by atoms with van der Waals surface area (Å²) in [5, 5.41) is -0.361. The van der Waals surface area contributed by atoms with Crippen molar-refractivity contribution in [2.45, 2.75) is 19.2 Å². The standard InChI is InChI=1S/C17H18ClFO2/c1-3-20-15-10-7-13(11-16(15)21-4-2)17(18)12-5-8-14(19)9-6-12/h5-11,17H,3-4H2,1-2H3. The fourth-order valence-electron chi connectivity index (χ4n) is 2.05. The second kappa shape index (κ2) is 7.32. The van der Waals surface area contributed by atoms with Crippen molar-refractivity contribution in [1.82, 2.24) is 0 Å². The van der Waals surface area contributed by atoms with Gasteiger partial charge in [0.2, 0.25) is 0 Å². The van der Waals surface area contributed by atoms with E-state index < -0.39 is 0 Å². The summed E-state index contributed by atoms with van der Waals surface area (Å²) in [6.45, 7) is 4.96. The molecule has 2 aromatic rings. The number of benzene rings is 2. The molecule has 0 aliphatic heterocycles. The largest absolute Gasteiger partial charge is 0.490 e. The van der Waals surface area contributed by atoms with Gasteiger partial charge in [-0.2, -0.15) is 0 Å². The SMILES string of the molecule is CCOc1ccc(C(Cl)c2ccc(F)cc2)cc1OCC. The van der Waals surface area contributed by atoms with Crippen molar-refractivity contribution in [3.05, 3.63) is 59.4 Å². The lowest BCUT2D eigenvalue weighted by Gasteiger charge is -2.15. The van der Waals surface area contributed by atoms with Crippen LogP contribution in [0.3, 0.4) is 0 Å². The lowest BCUT2D eigenvalue weighted by Crippen LogP contribution is -2.00. The molecule has 0 N–H and O–H groups in total. The molecule has 0 spiro atoms. The Balaban J connectivity index is 2.30. The summed E-state index contributed by atoms with van der Waals surface area (Å²) < 4.78 is 24.1. The Hall–Kier alpha value is -1.74. The third kappa shape index (κ3) is 3.88. The van der Waals surface area contributed by atoms with E-state index in [4.69, 9.17) is 21.1 Å². The molecule has 0 bridgehead atoms. The molecule has 0 saturated carbocycles. The first-order chi connectivity index (χ1) is 10.2. The minimum Gasteiger partial charge on any atom is -0.490 e. The first-order valence-corrected chi connectivity index (χ1v) is 7.38. The third-order valence-electron chi connectivity index (χ3n) is 3.02. The summed E-state index contributed by atoms with van der Waals surface area (Å²) in [7, 11) is 0. The smallest absolute Gasteiger partial charge is 0.161 e. The van der Waals surface area contributed by atoms with Crippen LogP contribution in [0.5, 0.6) is 11.5 Å². The van der Waals surface area contributed by atoms with E-state index in [0.717, 1.165) is 11.1 Å². The molecule has 2 rings (SSSR count). The van der Waals surface area contributed by atoms with Crippen LogP contribution < -0.4 is 9.47 Å². The van der Waals surface area contributed by atoms with Gasteiger partial charge < -0.3 is 9.47 Å². The Bertz CT molecular complexity index is 584. The molecule has 0 radical (unpaired) electrons. The molecule has 0 saturated heterocycles. The van der Waals surface area contributed by atoms with Gasteiger partial charge in [0.15, 0.2) is 11.5 Å². The zero-order valence-corrected chi connectivity index (χ0v) is 12.9. The molecule has 0 amide bonds. The maximum Gasteiger partial charge on any atom is 0.161 e. The van der Waals surface area contributed by atoms with E-state index in [9.17, 15) is 4.39 Å². The van der Waals surface area contributed by atoms with Gasteiger partial charge >= 0.3 is 0 Å². The van der Waals surface area contributed by atoms with Gasteiger partial charge in [-0.15, -0.1) is 11.6 Å². The fourth-order valence-corrected chi connectivity index (χ4v) is 2.33. The van der Waals surface area contributed by atoms with Crippen LogP contribution in [-0.2, 0) is 0 Å². The summed E-state index contributed by atoms with van der Waals surface area (Å²) in [4.78, 5) is 0. The molecule has 21 heavy (non-hydrogen) atoms. The normalized spacial score (nSPS) is 12.0. The lowest BCUT2D eigenvalue weighted by molar-refractivity contribution is 0.287. The van der Waals surface area contributed by atoms with E-state index in [2.05, 4.69) is 0 Å². The molecular weight excluding hydrogens is 291 g/mol. The molecule has 1 unspecified atom stereocenters. The Morgan fingerprint density at radius 1 is 0.905 bits per heavy atom. The quantitative estimate of drug-likeness (QED) is 0.703. The van der Waals surface area contributed by atoms with Gasteiger partial charge in [-0.3, -0.25) is 0 Å². The fraction of sp³-hybridized carbons (Fsp3) is 0.294. The van der Waals surface area contributed by atoms with E-state index in [-0.39, 0.29) is 11.2 Å². The van der Waals surface area contributed by atoms with Crippen LogP contribution in [-0.4, -0.2) is 13.2 Å². The molecule has 0 aliphatic carbocycles. The van der Waals surface area contributed by atoms with Gasteiger partial charge in [-0.05, 0) is 49.2 Å². The van der Waals surface area contributed by atoms with Crippen molar-refractivity contribution in [2.75, 3.05) is 13.2 Å². The van der Waals surface area contributed by atoms with Crippen molar-refractivity contribution in [3.63, 3.8) is 0 Å². The number of ether oxygens (including phenoxy) is 2. The topological polar surface area (TPSA) is 18.5 Å². The van der Waals surface area contributed by atoms with E-state index in [1.807, 2.05) is 32.0 Å². The van der Waals surface area contributed by atoms with Gasteiger partial charge in [-0.25, -0.2) is 4.39 Å². The Morgan fingerprint density at radius 3 is 2.10 bits per heavy atom. The highest BCUT2D eigenvalue weighted by Crippen LogP contribution is 2.35. The highest BCUT2D eigenvalue weighted by Gasteiger charge is 2.14. The van der Waals surface area contributed by atoms with E-state index in [1.54, 1.807) is 12.1 Å². The van der Waals surface area contributed by atoms with Crippen molar-refractivity contribution < 1.29 is 13.9 Å². The average Bonchev–Trinajstić information content (AvgIpc) is 2.49. The van der Waals surface area contributed by atoms with Crippen LogP contribution in [0.15, 0.2) is 42.5 Å². The number of hydrogen-bond donors (Lipinski definition) is 0. The zero-order chi connectivity index (χ0) is 15.2. The number of alkyl halides is 1. The summed E-state index contributed by atoms with van der Waals surface area (Å²) in [5.41, 5.74) is 1.72. The molecule has 2 aromatic carbocycles. The second-order valence-corrected chi connectivity index (χ2v) is 4.92. The number of rotatable bonds is 6. The van der Waals surface area contributed by atoms with Crippen molar-refractivity contribution in [2.24, 2.45) is 0 Å². The molecule has 0 aliphatic rings. The van der Waals surface area contributed by atoms with Crippen LogP contribution >= 0.6 is 11.6 Å². The van der Waals surface area contributed by atoms with Crippen LogP contribution in [0.25, 0.3) is 0 Å². The lowest BCUT2D eigenvalue weighted by atomic mass is 10.0. The summed E-state index contributed by atoms with van der Waals surface area (Å²) >= 11 is 6.47. The second-order valence-electron chi connectivity index (χ2n) is 4.49. The summed E-state index contributed by atoms with van der Waals surface area (Å²) in [6, 6.07) is 11.8. The highest BCUT2D eigenvalue weighted by molar-refractivity contribution is 6.22. The predicted octanol–water partition coefficient (Wildman–Crippen LogP) is 4.95. The third-order valence-corrected chi connectivity index (χ3v) is 3.53. The molecule has 0 heterocycles.